The summed E-state index contributed by atoms with van der Waals surface area (Å²) >= 11 is 0. The number of nitrogens with one attached hydrogen (secondary N) is 1. The molecule has 31 heavy (non-hydrogen) atoms. The maximum atomic E-state index is 13.3. The van der Waals surface area contributed by atoms with Crippen molar-refractivity contribution in [1.29, 1.82) is 0 Å². The Labute approximate surface area is 177 Å². The summed E-state index contributed by atoms with van der Waals surface area (Å²) in [5.41, 5.74) is 8.38. The summed E-state index contributed by atoms with van der Waals surface area (Å²) in [6, 6.07) is 15.2. The summed E-state index contributed by atoms with van der Waals surface area (Å²) < 4.78 is 41.8. The van der Waals surface area contributed by atoms with Gasteiger partial charge in [-0.2, -0.15) is 13.2 Å². The Morgan fingerprint density at radius 1 is 1.03 bits per heavy atom. The standard InChI is InChI=1S/C23H22F3N5/c1-3-6-15-13-16(9-10-17(15)23(24,25)26)29-22-18(27)11-12-21(30-22)31-14(2)28-19-7-4-5-8-20(19)31/h4-5,7-13H,3,6,27H2,1-2H3,(H,29,30). The van der Waals surface area contributed by atoms with Crippen LogP contribution in [0.25, 0.3) is 16.9 Å². The highest BCUT2D eigenvalue weighted by Crippen LogP contribution is 2.35. The molecule has 2 heterocycles. The lowest BCUT2D eigenvalue weighted by Crippen LogP contribution is -2.10. The van der Waals surface area contributed by atoms with Crippen molar-refractivity contribution in [3.8, 4) is 5.82 Å². The number of hydrogen-bond donors (Lipinski definition) is 2. The molecule has 3 N–H and O–H groups in total. The van der Waals surface area contributed by atoms with Crippen molar-refractivity contribution in [2.75, 3.05) is 11.1 Å². The monoisotopic (exact) mass is 425 g/mol. The molecule has 2 aromatic carbocycles. The SMILES string of the molecule is CCCc1cc(Nc2nc(-n3c(C)nc4ccccc43)ccc2N)ccc1C(F)(F)F. The van der Waals surface area contributed by atoms with E-state index >= 15 is 0 Å². The maximum Gasteiger partial charge on any atom is 0.416 e. The molecule has 160 valence electrons. The van der Waals surface area contributed by atoms with E-state index in [9.17, 15) is 13.2 Å². The molecule has 5 nitrogen and oxygen atoms in total. The number of fused-ring (bicyclic) bond motifs is 1. The lowest BCUT2D eigenvalue weighted by atomic mass is 10.0. The number of nitrogens with zero attached hydrogens (tertiary/aromatic N) is 3. The van der Waals surface area contributed by atoms with Gasteiger partial charge in [-0.05, 0) is 61.4 Å². The van der Waals surface area contributed by atoms with Crippen LogP contribution in [0.15, 0.2) is 54.6 Å². The van der Waals surface area contributed by atoms with E-state index in [1.165, 1.54) is 12.1 Å². The van der Waals surface area contributed by atoms with Gasteiger partial charge in [-0.25, -0.2) is 9.97 Å². The maximum absolute atomic E-state index is 13.3. The van der Waals surface area contributed by atoms with Crippen LogP contribution in [-0.2, 0) is 12.6 Å². The first-order valence-electron chi connectivity index (χ1n) is 9.96. The molecule has 0 spiro atoms. The molecule has 2 aromatic heterocycles. The minimum absolute atomic E-state index is 0.242. The molecule has 0 amide bonds. The zero-order valence-electron chi connectivity index (χ0n) is 17.2. The number of aromatic nitrogens is 3. The van der Waals surface area contributed by atoms with Gasteiger partial charge in [0.05, 0.1) is 22.3 Å². The minimum Gasteiger partial charge on any atom is -0.396 e. The number of rotatable bonds is 5. The molecular weight excluding hydrogens is 403 g/mol. The number of benzene rings is 2. The fourth-order valence-electron chi connectivity index (χ4n) is 3.68. The molecule has 0 bridgehead atoms. The van der Waals surface area contributed by atoms with Crippen LogP contribution in [0.2, 0.25) is 0 Å². The molecule has 0 unspecified atom stereocenters. The number of hydrogen-bond acceptors (Lipinski definition) is 4. The Morgan fingerprint density at radius 3 is 2.55 bits per heavy atom. The van der Waals surface area contributed by atoms with Crippen LogP contribution in [0.5, 0.6) is 0 Å². The first-order valence-corrected chi connectivity index (χ1v) is 9.96. The number of para-hydroxylation sites is 2. The third-order valence-electron chi connectivity index (χ3n) is 5.06. The van der Waals surface area contributed by atoms with Crippen LogP contribution in [0.4, 0.5) is 30.4 Å². The number of aryl methyl sites for hydroxylation is 2. The second kappa shape index (κ2) is 7.94. The van der Waals surface area contributed by atoms with E-state index in [1.807, 2.05) is 42.7 Å². The molecular formula is C23H22F3N5. The molecule has 4 rings (SSSR count). The van der Waals surface area contributed by atoms with E-state index in [1.54, 1.807) is 12.1 Å². The van der Waals surface area contributed by atoms with E-state index in [-0.39, 0.29) is 5.56 Å². The van der Waals surface area contributed by atoms with Gasteiger partial charge < -0.3 is 11.1 Å². The van der Waals surface area contributed by atoms with Crippen molar-refractivity contribution in [2.24, 2.45) is 0 Å². The molecule has 0 aliphatic carbocycles. The Kier molecular flexibility index (Phi) is 5.31. The average Bonchev–Trinajstić information content (AvgIpc) is 3.05. The number of nitrogen functional groups attached to an aromatic ring is 1. The molecule has 4 aromatic rings. The molecule has 0 aliphatic rings. The van der Waals surface area contributed by atoms with Crippen molar-refractivity contribution in [2.45, 2.75) is 32.9 Å². The molecule has 0 saturated heterocycles. The predicted molar refractivity (Wildman–Crippen MR) is 117 cm³/mol. The minimum atomic E-state index is -4.39. The van der Waals surface area contributed by atoms with Gasteiger partial charge in [-0.1, -0.05) is 25.5 Å². The zero-order valence-corrected chi connectivity index (χ0v) is 17.2. The Morgan fingerprint density at radius 2 is 1.81 bits per heavy atom. The topological polar surface area (TPSA) is 68.8 Å². The highest BCUT2D eigenvalue weighted by molar-refractivity contribution is 5.78. The van der Waals surface area contributed by atoms with Gasteiger partial charge in [0.1, 0.15) is 11.6 Å². The second-order valence-corrected chi connectivity index (χ2v) is 7.34. The average molecular weight is 425 g/mol. The lowest BCUT2D eigenvalue weighted by molar-refractivity contribution is -0.138. The number of pyridine rings is 1. The highest BCUT2D eigenvalue weighted by atomic mass is 19.4. The van der Waals surface area contributed by atoms with E-state index < -0.39 is 11.7 Å². The van der Waals surface area contributed by atoms with Crippen molar-refractivity contribution >= 4 is 28.2 Å². The van der Waals surface area contributed by atoms with Crippen LogP contribution < -0.4 is 11.1 Å². The summed E-state index contributed by atoms with van der Waals surface area (Å²) in [4.78, 5) is 9.19. The van der Waals surface area contributed by atoms with Crippen molar-refractivity contribution < 1.29 is 13.2 Å². The summed E-state index contributed by atoms with van der Waals surface area (Å²) in [5.74, 6) is 1.75. The number of nitrogens with two attached hydrogens (primary N) is 1. The molecule has 8 heteroatoms. The van der Waals surface area contributed by atoms with Gasteiger partial charge in [0, 0.05) is 5.69 Å². The molecule has 0 aliphatic heterocycles. The molecule has 0 fully saturated rings. The van der Waals surface area contributed by atoms with Crippen LogP contribution in [0.1, 0.15) is 30.3 Å². The van der Waals surface area contributed by atoms with Crippen LogP contribution >= 0.6 is 0 Å². The Hall–Kier alpha value is -3.55. The number of anilines is 3. The fraction of sp³-hybridized carbons (Fsp3) is 0.217. The van der Waals surface area contributed by atoms with Gasteiger partial charge in [0.2, 0.25) is 0 Å². The van der Waals surface area contributed by atoms with Crippen LogP contribution in [0, 0.1) is 6.92 Å². The summed E-state index contributed by atoms with van der Waals surface area (Å²) in [7, 11) is 0. The van der Waals surface area contributed by atoms with Gasteiger partial charge in [-0.3, -0.25) is 4.57 Å². The zero-order chi connectivity index (χ0) is 22.2. The van der Waals surface area contributed by atoms with Gasteiger partial charge >= 0.3 is 6.18 Å². The summed E-state index contributed by atoms with van der Waals surface area (Å²) in [6.45, 7) is 3.74. The fourth-order valence-corrected chi connectivity index (χ4v) is 3.68. The van der Waals surface area contributed by atoms with Crippen LogP contribution in [-0.4, -0.2) is 14.5 Å². The number of halogens is 3. The third-order valence-corrected chi connectivity index (χ3v) is 5.06. The first kappa shape index (κ1) is 20.7. The van der Waals surface area contributed by atoms with E-state index in [4.69, 9.17) is 5.73 Å². The Balaban J connectivity index is 1.73. The largest absolute Gasteiger partial charge is 0.416 e. The van der Waals surface area contributed by atoms with Gasteiger partial charge in [0.15, 0.2) is 5.82 Å². The predicted octanol–water partition coefficient (Wildman–Crippen LogP) is 6.03. The van der Waals surface area contributed by atoms with Gasteiger partial charge in [-0.15, -0.1) is 0 Å². The number of imidazole rings is 1. The quantitative estimate of drug-likeness (QED) is 0.410. The molecule has 0 atom stereocenters. The highest BCUT2D eigenvalue weighted by Gasteiger charge is 2.33. The normalized spacial score (nSPS) is 11.8. The van der Waals surface area contributed by atoms with Crippen molar-refractivity contribution in [3.05, 3.63) is 71.5 Å². The number of alkyl halides is 3. The Bertz CT molecular complexity index is 1240. The van der Waals surface area contributed by atoms with Crippen LogP contribution in [0.3, 0.4) is 0 Å². The molecule has 0 radical (unpaired) electrons. The second-order valence-electron chi connectivity index (χ2n) is 7.34. The summed E-state index contributed by atoms with van der Waals surface area (Å²) in [5, 5.41) is 3.08. The van der Waals surface area contributed by atoms with E-state index in [0.717, 1.165) is 22.9 Å². The molecule has 0 saturated carbocycles. The van der Waals surface area contributed by atoms with Crippen molar-refractivity contribution in [3.63, 3.8) is 0 Å². The van der Waals surface area contributed by atoms with E-state index in [0.29, 0.717) is 35.9 Å². The summed E-state index contributed by atoms with van der Waals surface area (Å²) in [6.07, 6.45) is -3.46. The smallest absolute Gasteiger partial charge is 0.396 e. The van der Waals surface area contributed by atoms with Gasteiger partial charge in [0.25, 0.3) is 0 Å². The van der Waals surface area contributed by atoms with E-state index in [2.05, 4.69) is 15.3 Å². The lowest BCUT2D eigenvalue weighted by Gasteiger charge is -2.16. The first-order chi connectivity index (χ1) is 14.8. The van der Waals surface area contributed by atoms with Crippen molar-refractivity contribution in [1.82, 2.24) is 14.5 Å². The third kappa shape index (κ3) is 4.05.